The molecule has 1 amide bonds. The van der Waals surface area contributed by atoms with Crippen LogP contribution in [-0.4, -0.2) is 36.9 Å². The summed E-state index contributed by atoms with van der Waals surface area (Å²) in [6.07, 6.45) is 4.55. The Bertz CT molecular complexity index is 1040. The van der Waals surface area contributed by atoms with E-state index in [-0.39, 0.29) is 11.6 Å². The average molecular weight is 396 g/mol. The Balaban J connectivity index is 1.59. The van der Waals surface area contributed by atoms with Gasteiger partial charge in [-0.05, 0) is 50.5 Å². The predicted molar refractivity (Wildman–Crippen MR) is 108 cm³/mol. The molecule has 152 valence electrons. The molecule has 0 atom stereocenters. The molecule has 0 radical (unpaired) electrons. The van der Waals surface area contributed by atoms with Crippen molar-refractivity contribution in [2.45, 2.75) is 40.3 Å². The van der Waals surface area contributed by atoms with Crippen LogP contribution in [0, 0.1) is 30.9 Å². The number of hydrogen-bond acceptors (Lipinski definition) is 5. The van der Waals surface area contributed by atoms with Gasteiger partial charge in [0.15, 0.2) is 0 Å². The second kappa shape index (κ2) is 8.68. The fourth-order valence-corrected chi connectivity index (χ4v) is 3.22. The second-order valence-corrected chi connectivity index (χ2v) is 7.02. The SMILES string of the molecule is Cc1cnn(CCCNC(=O)c2cccc(Cn3nc(C)c([N+](=O)[O-])c3C)c2)c1. The molecule has 1 N–H and O–H groups in total. The van der Waals surface area contributed by atoms with E-state index in [4.69, 9.17) is 0 Å². The van der Waals surface area contributed by atoms with Gasteiger partial charge < -0.3 is 5.32 Å². The van der Waals surface area contributed by atoms with Crippen molar-refractivity contribution in [1.29, 1.82) is 0 Å². The van der Waals surface area contributed by atoms with Crippen LogP contribution < -0.4 is 5.32 Å². The first-order valence-electron chi connectivity index (χ1n) is 9.39. The minimum absolute atomic E-state index is 0.0336. The zero-order valence-corrected chi connectivity index (χ0v) is 16.8. The molecule has 9 nitrogen and oxygen atoms in total. The van der Waals surface area contributed by atoms with Gasteiger partial charge in [0.05, 0.1) is 17.7 Å². The first kappa shape index (κ1) is 20.2. The summed E-state index contributed by atoms with van der Waals surface area (Å²) < 4.78 is 3.45. The van der Waals surface area contributed by atoms with E-state index in [9.17, 15) is 14.9 Å². The van der Waals surface area contributed by atoms with E-state index in [1.807, 2.05) is 30.1 Å². The molecule has 3 aromatic rings. The molecule has 0 unspecified atom stereocenters. The third kappa shape index (κ3) is 4.87. The number of amides is 1. The van der Waals surface area contributed by atoms with E-state index < -0.39 is 4.92 Å². The van der Waals surface area contributed by atoms with E-state index in [0.29, 0.717) is 30.0 Å². The lowest BCUT2D eigenvalue weighted by molar-refractivity contribution is -0.386. The Morgan fingerprint density at radius 1 is 1.28 bits per heavy atom. The molecule has 0 fully saturated rings. The Morgan fingerprint density at radius 3 is 2.72 bits per heavy atom. The number of nitro groups is 1. The molecule has 0 spiro atoms. The maximum absolute atomic E-state index is 12.4. The minimum atomic E-state index is -0.414. The van der Waals surface area contributed by atoms with Crippen molar-refractivity contribution in [1.82, 2.24) is 24.9 Å². The number of carbonyl (C=O) groups is 1. The van der Waals surface area contributed by atoms with Gasteiger partial charge in [0.1, 0.15) is 11.4 Å². The lowest BCUT2D eigenvalue weighted by Crippen LogP contribution is -2.25. The van der Waals surface area contributed by atoms with Gasteiger partial charge in [-0.2, -0.15) is 10.2 Å². The van der Waals surface area contributed by atoms with E-state index in [0.717, 1.165) is 24.1 Å². The van der Waals surface area contributed by atoms with Gasteiger partial charge in [0.2, 0.25) is 0 Å². The number of hydrogen-bond donors (Lipinski definition) is 1. The van der Waals surface area contributed by atoms with Gasteiger partial charge in [-0.15, -0.1) is 0 Å². The molecule has 0 saturated heterocycles. The lowest BCUT2D eigenvalue weighted by atomic mass is 10.1. The summed E-state index contributed by atoms with van der Waals surface area (Å²) in [6.45, 7) is 6.94. The molecule has 1 aromatic carbocycles. The summed E-state index contributed by atoms with van der Waals surface area (Å²) in [5.41, 5.74) is 3.42. The second-order valence-electron chi connectivity index (χ2n) is 7.02. The topological polar surface area (TPSA) is 108 Å². The number of carbonyl (C=O) groups excluding carboxylic acids is 1. The largest absolute Gasteiger partial charge is 0.352 e. The molecule has 29 heavy (non-hydrogen) atoms. The van der Waals surface area contributed by atoms with E-state index >= 15 is 0 Å². The highest BCUT2D eigenvalue weighted by Gasteiger charge is 2.21. The van der Waals surface area contributed by atoms with Crippen LogP contribution in [0.4, 0.5) is 5.69 Å². The van der Waals surface area contributed by atoms with E-state index in [1.54, 1.807) is 36.7 Å². The van der Waals surface area contributed by atoms with Gasteiger partial charge in [-0.25, -0.2) is 0 Å². The highest BCUT2D eigenvalue weighted by atomic mass is 16.6. The standard InChI is InChI=1S/C20H24N6O3/c1-14-11-22-24(12-14)9-5-8-21-20(27)18-7-4-6-17(10-18)13-25-16(3)19(26(28)29)15(2)23-25/h4,6-7,10-12H,5,8-9,13H2,1-3H3,(H,21,27). The highest BCUT2D eigenvalue weighted by molar-refractivity contribution is 5.94. The Morgan fingerprint density at radius 2 is 2.07 bits per heavy atom. The van der Waals surface area contributed by atoms with Crippen LogP contribution in [0.5, 0.6) is 0 Å². The van der Waals surface area contributed by atoms with Gasteiger partial charge in [-0.3, -0.25) is 24.3 Å². The summed E-state index contributed by atoms with van der Waals surface area (Å²) in [6, 6.07) is 7.21. The van der Waals surface area contributed by atoms with Gasteiger partial charge in [0, 0.05) is 24.8 Å². The van der Waals surface area contributed by atoms with Crippen molar-refractivity contribution in [2.24, 2.45) is 0 Å². The molecule has 0 aliphatic carbocycles. The van der Waals surface area contributed by atoms with Crippen LogP contribution in [0.25, 0.3) is 0 Å². The molecule has 9 heteroatoms. The van der Waals surface area contributed by atoms with Gasteiger partial charge >= 0.3 is 5.69 Å². The Kier molecular flexibility index (Phi) is 6.06. The van der Waals surface area contributed by atoms with Crippen molar-refractivity contribution in [3.8, 4) is 0 Å². The fraction of sp³-hybridized carbons (Fsp3) is 0.350. The molecule has 2 aromatic heterocycles. The van der Waals surface area contributed by atoms with Crippen LogP contribution in [0.2, 0.25) is 0 Å². The molecule has 2 heterocycles. The minimum Gasteiger partial charge on any atom is -0.352 e. The molecule has 3 rings (SSSR count). The van der Waals surface area contributed by atoms with Crippen LogP contribution in [0.15, 0.2) is 36.7 Å². The number of nitrogens with one attached hydrogen (secondary N) is 1. The van der Waals surface area contributed by atoms with Crippen molar-refractivity contribution in [3.05, 3.63) is 74.9 Å². The Hall–Kier alpha value is -3.49. The number of nitrogens with zero attached hydrogens (tertiary/aromatic N) is 5. The smallest absolute Gasteiger partial charge is 0.312 e. The molecule has 0 aliphatic rings. The first-order chi connectivity index (χ1) is 13.8. The lowest BCUT2D eigenvalue weighted by Gasteiger charge is -2.08. The number of aryl methyl sites for hydroxylation is 3. The molecule has 0 aliphatic heterocycles. The quantitative estimate of drug-likeness (QED) is 0.358. The van der Waals surface area contributed by atoms with Crippen LogP contribution >= 0.6 is 0 Å². The van der Waals surface area contributed by atoms with Crippen LogP contribution in [-0.2, 0) is 13.1 Å². The maximum atomic E-state index is 12.4. The molecular weight excluding hydrogens is 372 g/mol. The summed E-state index contributed by atoms with van der Waals surface area (Å²) >= 11 is 0. The zero-order valence-electron chi connectivity index (χ0n) is 16.8. The van der Waals surface area contributed by atoms with E-state index in [2.05, 4.69) is 15.5 Å². The number of aromatic nitrogens is 4. The molecule has 0 saturated carbocycles. The zero-order chi connectivity index (χ0) is 21.0. The summed E-state index contributed by atoms with van der Waals surface area (Å²) in [4.78, 5) is 23.2. The van der Waals surface area contributed by atoms with Crippen molar-refractivity contribution >= 4 is 11.6 Å². The molecule has 0 bridgehead atoms. The van der Waals surface area contributed by atoms with Gasteiger partial charge in [0.25, 0.3) is 5.91 Å². The van der Waals surface area contributed by atoms with Crippen LogP contribution in [0.1, 0.15) is 39.3 Å². The fourth-order valence-electron chi connectivity index (χ4n) is 3.22. The number of benzene rings is 1. The monoisotopic (exact) mass is 396 g/mol. The third-order valence-electron chi connectivity index (χ3n) is 4.66. The Labute approximate surface area is 168 Å². The first-order valence-corrected chi connectivity index (χ1v) is 9.39. The van der Waals surface area contributed by atoms with Crippen molar-refractivity contribution in [2.75, 3.05) is 6.54 Å². The normalized spacial score (nSPS) is 10.9. The average Bonchev–Trinajstić information content (AvgIpc) is 3.21. The summed E-state index contributed by atoms with van der Waals surface area (Å²) in [5.74, 6) is -0.150. The maximum Gasteiger partial charge on any atom is 0.312 e. The van der Waals surface area contributed by atoms with Crippen molar-refractivity contribution in [3.63, 3.8) is 0 Å². The van der Waals surface area contributed by atoms with Crippen LogP contribution in [0.3, 0.4) is 0 Å². The third-order valence-corrected chi connectivity index (χ3v) is 4.66. The number of rotatable bonds is 8. The predicted octanol–water partition coefficient (Wildman–Crippen LogP) is 2.78. The van der Waals surface area contributed by atoms with Crippen molar-refractivity contribution < 1.29 is 9.72 Å². The van der Waals surface area contributed by atoms with E-state index in [1.165, 1.54) is 0 Å². The molecular formula is C20H24N6O3. The van der Waals surface area contributed by atoms with Gasteiger partial charge in [-0.1, -0.05) is 12.1 Å². The summed E-state index contributed by atoms with van der Waals surface area (Å²) in [7, 11) is 0. The summed E-state index contributed by atoms with van der Waals surface area (Å²) in [5, 5.41) is 22.6. The highest BCUT2D eigenvalue weighted by Crippen LogP contribution is 2.22.